The molecule has 0 radical (unpaired) electrons. The van der Waals surface area contributed by atoms with E-state index < -0.39 is 0 Å². The molecule has 0 atom stereocenters. The van der Waals surface area contributed by atoms with Crippen molar-refractivity contribution in [3.8, 4) is 22.3 Å². The molecule has 1 heterocycles. The van der Waals surface area contributed by atoms with Crippen LogP contribution in [0.2, 0.25) is 0 Å². The number of benzene rings is 5. The summed E-state index contributed by atoms with van der Waals surface area (Å²) in [6.45, 7) is 0. The topological polar surface area (TPSA) is 4.93 Å². The van der Waals surface area contributed by atoms with Crippen LogP contribution in [0.15, 0.2) is 109 Å². The number of fused-ring (bicyclic) bond motifs is 5. The number of aryl methyl sites for hydroxylation is 1. The highest BCUT2D eigenvalue weighted by Gasteiger charge is 2.12. The third-order valence-electron chi connectivity index (χ3n) is 6.22. The summed E-state index contributed by atoms with van der Waals surface area (Å²) in [6.07, 6.45) is 0. The summed E-state index contributed by atoms with van der Waals surface area (Å²) in [6, 6.07) is 39.4. The smallest absolute Gasteiger partial charge is 0.0495 e. The third kappa shape index (κ3) is 2.56. The van der Waals surface area contributed by atoms with Crippen molar-refractivity contribution in [2.45, 2.75) is 0 Å². The molecule has 142 valence electrons. The molecule has 0 saturated heterocycles. The van der Waals surface area contributed by atoms with Crippen LogP contribution in [0.1, 0.15) is 0 Å². The molecule has 6 aromatic rings. The van der Waals surface area contributed by atoms with Crippen LogP contribution in [-0.2, 0) is 7.05 Å². The molecule has 0 aliphatic heterocycles. The lowest BCUT2D eigenvalue weighted by Crippen LogP contribution is -1.86. The fourth-order valence-electron chi connectivity index (χ4n) is 4.65. The van der Waals surface area contributed by atoms with E-state index in [1.54, 1.807) is 0 Å². The van der Waals surface area contributed by atoms with Gasteiger partial charge in [0.25, 0.3) is 0 Å². The molecule has 0 unspecified atom stereocenters. The Kier molecular flexibility index (Phi) is 3.75. The van der Waals surface area contributed by atoms with Crippen LogP contribution >= 0.6 is 0 Å². The average molecular weight is 383 g/mol. The Hall–Kier alpha value is -3.84. The molecule has 0 aliphatic rings. The minimum absolute atomic E-state index is 1.24. The Morgan fingerprint density at radius 2 is 1.07 bits per heavy atom. The van der Waals surface area contributed by atoms with Crippen LogP contribution in [0.5, 0.6) is 0 Å². The van der Waals surface area contributed by atoms with E-state index in [9.17, 15) is 0 Å². The van der Waals surface area contributed by atoms with Crippen molar-refractivity contribution >= 4 is 32.6 Å². The van der Waals surface area contributed by atoms with Gasteiger partial charge in [-0.05, 0) is 51.2 Å². The lowest BCUT2D eigenvalue weighted by atomic mass is 9.98. The zero-order valence-corrected chi connectivity index (χ0v) is 16.8. The Morgan fingerprint density at radius 3 is 1.87 bits per heavy atom. The van der Waals surface area contributed by atoms with Gasteiger partial charge in [-0.25, -0.2) is 0 Å². The predicted molar refractivity (Wildman–Crippen MR) is 129 cm³/mol. The van der Waals surface area contributed by atoms with Gasteiger partial charge in [0.1, 0.15) is 0 Å². The fourth-order valence-corrected chi connectivity index (χ4v) is 4.65. The van der Waals surface area contributed by atoms with Crippen molar-refractivity contribution in [2.24, 2.45) is 7.05 Å². The summed E-state index contributed by atoms with van der Waals surface area (Å²) in [7, 11) is 2.16. The van der Waals surface area contributed by atoms with Crippen LogP contribution in [0, 0.1) is 0 Å². The molecule has 6 rings (SSSR count). The van der Waals surface area contributed by atoms with Gasteiger partial charge in [-0.15, -0.1) is 0 Å². The zero-order valence-electron chi connectivity index (χ0n) is 16.8. The first-order valence-corrected chi connectivity index (χ1v) is 10.4. The monoisotopic (exact) mass is 383 g/mol. The van der Waals surface area contributed by atoms with Gasteiger partial charge in [0.15, 0.2) is 0 Å². The van der Waals surface area contributed by atoms with Crippen LogP contribution in [0.25, 0.3) is 54.8 Å². The van der Waals surface area contributed by atoms with Crippen molar-refractivity contribution in [2.75, 3.05) is 0 Å². The molecule has 0 amide bonds. The molecular formula is C29H21N. The molecule has 0 fully saturated rings. The van der Waals surface area contributed by atoms with Crippen LogP contribution in [0.4, 0.5) is 0 Å². The molecule has 1 nitrogen and oxygen atoms in total. The molecule has 0 bridgehead atoms. The van der Waals surface area contributed by atoms with E-state index in [-0.39, 0.29) is 0 Å². The Morgan fingerprint density at radius 1 is 0.467 bits per heavy atom. The fraction of sp³-hybridized carbons (Fsp3) is 0.0345. The van der Waals surface area contributed by atoms with Crippen molar-refractivity contribution in [1.82, 2.24) is 4.57 Å². The summed E-state index contributed by atoms with van der Waals surface area (Å²) in [5.74, 6) is 0. The van der Waals surface area contributed by atoms with E-state index >= 15 is 0 Å². The molecule has 0 aliphatic carbocycles. The standard InChI is InChI=1S/C29H21N/c1-30-27-17-16-24(22-13-11-21(12-14-22)20-7-3-2-4-8-20)19-26(27)29-25-10-6-5-9-23(25)15-18-28(29)30/h2-19H,1H3. The summed E-state index contributed by atoms with van der Waals surface area (Å²) in [5, 5.41) is 5.26. The summed E-state index contributed by atoms with van der Waals surface area (Å²) >= 11 is 0. The van der Waals surface area contributed by atoms with Crippen molar-refractivity contribution in [1.29, 1.82) is 0 Å². The van der Waals surface area contributed by atoms with Gasteiger partial charge in [0.05, 0.1) is 0 Å². The quantitative estimate of drug-likeness (QED) is 0.287. The SMILES string of the molecule is Cn1c2ccc(-c3ccc(-c4ccccc4)cc3)cc2c2c3ccccc3ccc21. The van der Waals surface area contributed by atoms with Crippen LogP contribution < -0.4 is 0 Å². The maximum absolute atomic E-state index is 2.35. The average Bonchev–Trinajstić information content (AvgIpc) is 3.11. The molecule has 0 spiro atoms. The van der Waals surface area contributed by atoms with Gasteiger partial charge in [-0.3, -0.25) is 0 Å². The van der Waals surface area contributed by atoms with E-state index in [4.69, 9.17) is 0 Å². The normalized spacial score (nSPS) is 11.5. The van der Waals surface area contributed by atoms with E-state index in [0.29, 0.717) is 0 Å². The Balaban J connectivity index is 1.54. The van der Waals surface area contributed by atoms with Gasteiger partial charge in [-0.1, -0.05) is 91.0 Å². The molecule has 30 heavy (non-hydrogen) atoms. The number of hydrogen-bond donors (Lipinski definition) is 0. The number of hydrogen-bond acceptors (Lipinski definition) is 0. The van der Waals surface area contributed by atoms with Crippen molar-refractivity contribution in [3.63, 3.8) is 0 Å². The minimum Gasteiger partial charge on any atom is -0.344 e. The minimum atomic E-state index is 1.24. The molecular weight excluding hydrogens is 362 g/mol. The van der Waals surface area contributed by atoms with Gasteiger partial charge < -0.3 is 4.57 Å². The van der Waals surface area contributed by atoms with Gasteiger partial charge >= 0.3 is 0 Å². The lowest BCUT2D eigenvalue weighted by Gasteiger charge is -2.06. The highest BCUT2D eigenvalue weighted by Crippen LogP contribution is 2.36. The molecule has 0 saturated carbocycles. The third-order valence-corrected chi connectivity index (χ3v) is 6.22. The second-order valence-electron chi connectivity index (χ2n) is 7.92. The number of rotatable bonds is 2. The van der Waals surface area contributed by atoms with Crippen LogP contribution in [0.3, 0.4) is 0 Å². The molecule has 0 N–H and O–H groups in total. The highest BCUT2D eigenvalue weighted by atomic mass is 14.9. The number of nitrogens with zero attached hydrogens (tertiary/aromatic N) is 1. The van der Waals surface area contributed by atoms with E-state index in [0.717, 1.165) is 0 Å². The first-order chi connectivity index (χ1) is 14.8. The maximum Gasteiger partial charge on any atom is 0.0495 e. The summed E-state index contributed by atoms with van der Waals surface area (Å²) in [4.78, 5) is 0. The van der Waals surface area contributed by atoms with Gasteiger partial charge in [-0.2, -0.15) is 0 Å². The lowest BCUT2D eigenvalue weighted by molar-refractivity contribution is 1.01. The van der Waals surface area contributed by atoms with Crippen molar-refractivity contribution in [3.05, 3.63) is 109 Å². The molecule has 5 aromatic carbocycles. The van der Waals surface area contributed by atoms with E-state index in [1.807, 2.05) is 0 Å². The van der Waals surface area contributed by atoms with E-state index in [2.05, 4.69) is 121 Å². The Labute approximate surface area is 175 Å². The molecule has 1 heteroatoms. The largest absolute Gasteiger partial charge is 0.344 e. The molecule has 1 aromatic heterocycles. The summed E-state index contributed by atoms with van der Waals surface area (Å²) in [5.41, 5.74) is 7.54. The maximum atomic E-state index is 2.35. The second-order valence-corrected chi connectivity index (χ2v) is 7.92. The van der Waals surface area contributed by atoms with Gasteiger partial charge in [0, 0.05) is 28.9 Å². The first-order valence-electron chi connectivity index (χ1n) is 10.4. The van der Waals surface area contributed by atoms with Crippen molar-refractivity contribution < 1.29 is 0 Å². The van der Waals surface area contributed by atoms with E-state index in [1.165, 1.54) is 54.8 Å². The Bertz CT molecular complexity index is 1520. The highest BCUT2D eigenvalue weighted by molar-refractivity contribution is 6.21. The number of aromatic nitrogens is 1. The van der Waals surface area contributed by atoms with Crippen LogP contribution in [-0.4, -0.2) is 4.57 Å². The predicted octanol–water partition coefficient (Wildman–Crippen LogP) is 7.82. The zero-order chi connectivity index (χ0) is 20.1. The summed E-state index contributed by atoms with van der Waals surface area (Å²) < 4.78 is 2.30. The second kappa shape index (κ2) is 6.60. The first kappa shape index (κ1) is 17.1. The van der Waals surface area contributed by atoms with Gasteiger partial charge in [0.2, 0.25) is 0 Å².